The monoisotopic (exact) mass is 350 g/mol. The van der Waals surface area contributed by atoms with Gasteiger partial charge in [0.05, 0.1) is 5.92 Å². The van der Waals surface area contributed by atoms with Crippen molar-refractivity contribution in [2.75, 3.05) is 19.6 Å². The molecule has 0 radical (unpaired) electrons. The molecule has 1 aromatic carbocycles. The maximum absolute atomic E-state index is 12.8. The summed E-state index contributed by atoms with van der Waals surface area (Å²) in [6.45, 7) is 5.46. The Kier molecular flexibility index (Phi) is 4.98. The topological polar surface area (TPSA) is 58.1 Å². The van der Waals surface area contributed by atoms with E-state index in [1.807, 2.05) is 48.4 Å². The third-order valence-electron chi connectivity index (χ3n) is 5.67. The lowest BCUT2D eigenvalue weighted by Gasteiger charge is -2.33. The fraction of sp³-hybridized carbons (Fsp3) is 0.476. The van der Waals surface area contributed by atoms with E-state index < -0.39 is 0 Å². The first-order chi connectivity index (χ1) is 12.7. The highest BCUT2D eigenvalue weighted by Crippen LogP contribution is 2.28. The standard InChI is InChI=1S/C21H26N4O/c1-15(16-5-3-2-4-6-16)21(26)25-11-8-17(9-12-25)20-23-14-18-13-22-10-7-19(18)24-20/h2-6,14-15,17,22H,7-13H2,1H3. The van der Waals surface area contributed by atoms with Crippen molar-refractivity contribution in [1.82, 2.24) is 20.2 Å². The van der Waals surface area contributed by atoms with Gasteiger partial charge in [-0.15, -0.1) is 0 Å². The molecule has 3 heterocycles. The molecule has 136 valence electrons. The zero-order chi connectivity index (χ0) is 17.9. The van der Waals surface area contributed by atoms with Crippen LogP contribution < -0.4 is 5.32 Å². The number of hydrogen-bond donors (Lipinski definition) is 1. The normalized spacial score (nSPS) is 19.0. The summed E-state index contributed by atoms with van der Waals surface area (Å²) in [5.41, 5.74) is 3.51. The van der Waals surface area contributed by atoms with Gasteiger partial charge < -0.3 is 10.2 Å². The number of carbonyl (C=O) groups excluding carboxylic acids is 1. The second-order valence-corrected chi connectivity index (χ2v) is 7.36. The lowest BCUT2D eigenvalue weighted by molar-refractivity contribution is -0.133. The van der Waals surface area contributed by atoms with Gasteiger partial charge in [0.2, 0.25) is 5.91 Å². The highest BCUT2D eigenvalue weighted by molar-refractivity contribution is 5.83. The summed E-state index contributed by atoms with van der Waals surface area (Å²) in [5.74, 6) is 1.48. The van der Waals surface area contributed by atoms with E-state index in [0.717, 1.165) is 56.8 Å². The zero-order valence-corrected chi connectivity index (χ0v) is 15.3. The maximum Gasteiger partial charge on any atom is 0.229 e. The Morgan fingerprint density at radius 3 is 2.77 bits per heavy atom. The molecule has 1 aromatic heterocycles. The maximum atomic E-state index is 12.8. The molecule has 5 nitrogen and oxygen atoms in total. The second kappa shape index (κ2) is 7.54. The first-order valence-corrected chi connectivity index (χ1v) is 9.61. The molecule has 1 unspecified atom stereocenters. The molecule has 0 saturated carbocycles. The Bertz CT molecular complexity index is 769. The predicted molar refractivity (Wildman–Crippen MR) is 101 cm³/mol. The number of nitrogens with zero attached hydrogens (tertiary/aromatic N) is 3. The summed E-state index contributed by atoms with van der Waals surface area (Å²) in [6.07, 6.45) is 4.87. The number of hydrogen-bond acceptors (Lipinski definition) is 4. The number of amides is 1. The molecule has 2 aliphatic rings. The Morgan fingerprint density at radius 2 is 2.00 bits per heavy atom. The summed E-state index contributed by atoms with van der Waals surface area (Å²) in [4.78, 5) is 24.3. The van der Waals surface area contributed by atoms with E-state index in [2.05, 4.69) is 10.3 Å². The quantitative estimate of drug-likeness (QED) is 0.924. The number of rotatable bonds is 3. The first kappa shape index (κ1) is 17.2. The van der Waals surface area contributed by atoms with Gasteiger partial charge in [0.1, 0.15) is 5.82 Å². The van der Waals surface area contributed by atoms with Crippen molar-refractivity contribution in [3.8, 4) is 0 Å². The van der Waals surface area contributed by atoms with Crippen LogP contribution in [0.25, 0.3) is 0 Å². The van der Waals surface area contributed by atoms with Crippen LogP contribution in [0, 0.1) is 0 Å². The van der Waals surface area contributed by atoms with Crippen LogP contribution in [0.1, 0.15) is 54.2 Å². The zero-order valence-electron chi connectivity index (χ0n) is 15.3. The number of likely N-dealkylation sites (tertiary alicyclic amines) is 1. The van der Waals surface area contributed by atoms with Crippen LogP contribution in [-0.4, -0.2) is 40.4 Å². The molecule has 2 aliphatic heterocycles. The fourth-order valence-corrected chi connectivity index (χ4v) is 3.96. The molecule has 26 heavy (non-hydrogen) atoms. The third-order valence-corrected chi connectivity index (χ3v) is 5.67. The lowest BCUT2D eigenvalue weighted by Crippen LogP contribution is -2.40. The van der Waals surface area contributed by atoms with Gasteiger partial charge >= 0.3 is 0 Å². The number of nitrogens with one attached hydrogen (secondary N) is 1. The van der Waals surface area contributed by atoms with E-state index in [1.54, 1.807) is 0 Å². The van der Waals surface area contributed by atoms with Gasteiger partial charge in [-0.1, -0.05) is 30.3 Å². The molecular weight excluding hydrogens is 324 g/mol. The van der Waals surface area contributed by atoms with Crippen molar-refractivity contribution in [2.24, 2.45) is 0 Å². The third kappa shape index (κ3) is 3.49. The number of fused-ring (bicyclic) bond motifs is 1. The van der Waals surface area contributed by atoms with Crippen LogP contribution in [0.5, 0.6) is 0 Å². The molecular formula is C21H26N4O. The SMILES string of the molecule is CC(C(=O)N1CCC(c2ncc3c(n2)CCNC3)CC1)c1ccccc1. The minimum Gasteiger partial charge on any atom is -0.342 e. The number of benzene rings is 1. The van der Waals surface area contributed by atoms with Crippen molar-refractivity contribution in [1.29, 1.82) is 0 Å². The number of carbonyl (C=O) groups is 1. The van der Waals surface area contributed by atoms with Crippen LogP contribution in [0.4, 0.5) is 0 Å². The molecule has 0 aliphatic carbocycles. The average molecular weight is 350 g/mol. The molecule has 0 bridgehead atoms. The molecule has 4 rings (SSSR count). The van der Waals surface area contributed by atoms with Gasteiger partial charge in [0.25, 0.3) is 0 Å². The van der Waals surface area contributed by atoms with Crippen molar-refractivity contribution in [2.45, 2.75) is 44.6 Å². The summed E-state index contributed by atoms with van der Waals surface area (Å²) in [5, 5.41) is 3.36. The minimum atomic E-state index is -0.0831. The van der Waals surface area contributed by atoms with Crippen LogP contribution >= 0.6 is 0 Å². The average Bonchev–Trinajstić information content (AvgIpc) is 2.73. The molecule has 1 amide bonds. The van der Waals surface area contributed by atoms with Crippen molar-refractivity contribution < 1.29 is 4.79 Å². The number of aromatic nitrogens is 2. The van der Waals surface area contributed by atoms with E-state index >= 15 is 0 Å². The summed E-state index contributed by atoms with van der Waals surface area (Å²) in [7, 11) is 0. The minimum absolute atomic E-state index is 0.0831. The van der Waals surface area contributed by atoms with Crippen LogP contribution in [-0.2, 0) is 17.8 Å². The second-order valence-electron chi connectivity index (χ2n) is 7.36. The molecule has 1 atom stereocenters. The van der Waals surface area contributed by atoms with Crippen LogP contribution in [0.2, 0.25) is 0 Å². The van der Waals surface area contributed by atoms with E-state index in [0.29, 0.717) is 5.92 Å². The molecule has 5 heteroatoms. The Morgan fingerprint density at radius 1 is 1.23 bits per heavy atom. The molecule has 1 fully saturated rings. The molecule has 2 aromatic rings. The molecule has 0 spiro atoms. The Hall–Kier alpha value is -2.27. The summed E-state index contributed by atoms with van der Waals surface area (Å²) < 4.78 is 0. The lowest BCUT2D eigenvalue weighted by atomic mass is 9.93. The number of piperidine rings is 1. The Balaban J connectivity index is 1.39. The summed E-state index contributed by atoms with van der Waals surface area (Å²) >= 11 is 0. The summed E-state index contributed by atoms with van der Waals surface area (Å²) in [6, 6.07) is 10.0. The van der Waals surface area contributed by atoms with Crippen LogP contribution in [0.3, 0.4) is 0 Å². The van der Waals surface area contributed by atoms with Gasteiger partial charge in [-0.05, 0) is 25.3 Å². The highest BCUT2D eigenvalue weighted by Gasteiger charge is 2.29. The smallest absolute Gasteiger partial charge is 0.229 e. The predicted octanol–water partition coefficient (Wildman–Crippen LogP) is 2.63. The molecule has 1 N–H and O–H groups in total. The van der Waals surface area contributed by atoms with E-state index in [-0.39, 0.29) is 11.8 Å². The fourth-order valence-electron chi connectivity index (χ4n) is 3.96. The van der Waals surface area contributed by atoms with E-state index in [1.165, 1.54) is 11.3 Å². The van der Waals surface area contributed by atoms with Crippen molar-refractivity contribution >= 4 is 5.91 Å². The molecule has 1 saturated heterocycles. The van der Waals surface area contributed by atoms with E-state index in [9.17, 15) is 4.79 Å². The van der Waals surface area contributed by atoms with Crippen molar-refractivity contribution in [3.05, 3.63) is 59.2 Å². The van der Waals surface area contributed by atoms with Gasteiger partial charge in [0, 0.05) is 56.0 Å². The Labute approximate surface area is 154 Å². The van der Waals surface area contributed by atoms with Gasteiger partial charge in [0.15, 0.2) is 0 Å². The first-order valence-electron chi connectivity index (χ1n) is 9.61. The highest BCUT2D eigenvalue weighted by atomic mass is 16.2. The van der Waals surface area contributed by atoms with Crippen molar-refractivity contribution in [3.63, 3.8) is 0 Å². The van der Waals surface area contributed by atoms with E-state index in [4.69, 9.17) is 4.98 Å². The van der Waals surface area contributed by atoms with Crippen LogP contribution in [0.15, 0.2) is 36.5 Å². The largest absolute Gasteiger partial charge is 0.342 e. The van der Waals surface area contributed by atoms with Gasteiger partial charge in [-0.2, -0.15) is 0 Å². The van der Waals surface area contributed by atoms with Gasteiger partial charge in [-0.3, -0.25) is 4.79 Å². The van der Waals surface area contributed by atoms with Gasteiger partial charge in [-0.25, -0.2) is 9.97 Å².